The number of carboxylic acids is 1. The summed E-state index contributed by atoms with van der Waals surface area (Å²) in [5, 5.41) is 15.6. The van der Waals surface area contributed by atoms with Crippen molar-refractivity contribution in [3.05, 3.63) is 11.7 Å². The van der Waals surface area contributed by atoms with Crippen LogP contribution in [0.1, 0.15) is 44.3 Å². The molecule has 1 atom stereocenters. The van der Waals surface area contributed by atoms with Crippen LogP contribution in [0, 0.1) is 5.92 Å². The average molecular weight is 296 g/mol. The average Bonchev–Trinajstić information content (AvgIpc) is 2.87. The van der Waals surface area contributed by atoms with Crippen molar-refractivity contribution in [1.29, 1.82) is 0 Å². The van der Waals surface area contributed by atoms with Gasteiger partial charge >= 0.3 is 5.97 Å². The van der Waals surface area contributed by atoms with Gasteiger partial charge in [0.15, 0.2) is 5.82 Å². The van der Waals surface area contributed by atoms with E-state index < -0.39 is 5.97 Å². The maximum atomic E-state index is 10.5. The third-order valence-corrected chi connectivity index (χ3v) is 3.67. The molecule has 0 aromatic carbocycles. The van der Waals surface area contributed by atoms with E-state index >= 15 is 0 Å². The van der Waals surface area contributed by atoms with Crippen molar-refractivity contribution >= 4 is 5.97 Å². The van der Waals surface area contributed by atoms with Crippen molar-refractivity contribution in [2.24, 2.45) is 5.92 Å². The molecule has 118 valence electrons. The summed E-state index contributed by atoms with van der Waals surface area (Å²) >= 11 is 0. The molecule has 1 aliphatic heterocycles. The molecule has 0 spiro atoms. The van der Waals surface area contributed by atoms with E-state index in [9.17, 15) is 4.79 Å². The zero-order valence-electron chi connectivity index (χ0n) is 12.7. The minimum Gasteiger partial charge on any atom is -0.480 e. The Kier molecular flexibility index (Phi) is 5.69. The van der Waals surface area contributed by atoms with Crippen LogP contribution in [0.25, 0.3) is 0 Å². The molecule has 21 heavy (non-hydrogen) atoms. The van der Waals surface area contributed by atoms with Gasteiger partial charge in [-0.1, -0.05) is 19.0 Å². The van der Waals surface area contributed by atoms with Gasteiger partial charge in [-0.25, -0.2) is 0 Å². The lowest BCUT2D eigenvalue weighted by Gasteiger charge is -2.31. The van der Waals surface area contributed by atoms with Crippen LogP contribution < -0.4 is 5.32 Å². The van der Waals surface area contributed by atoms with E-state index in [2.05, 4.69) is 20.4 Å². The minimum absolute atomic E-state index is 0.0257. The second kappa shape index (κ2) is 7.51. The van der Waals surface area contributed by atoms with Gasteiger partial charge in [0.1, 0.15) is 0 Å². The van der Waals surface area contributed by atoms with Gasteiger partial charge in [0.2, 0.25) is 5.89 Å². The number of hydrogen-bond acceptors (Lipinski definition) is 6. The zero-order valence-corrected chi connectivity index (χ0v) is 12.7. The summed E-state index contributed by atoms with van der Waals surface area (Å²) in [5.74, 6) is 1.36. The predicted octanol–water partition coefficient (Wildman–Crippen LogP) is 1.08. The summed E-state index contributed by atoms with van der Waals surface area (Å²) < 4.78 is 5.28. The first kappa shape index (κ1) is 15.9. The van der Waals surface area contributed by atoms with Crippen molar-refractivity contribution in [1.82, 2.24) is 20.4 Å². The molecule has 1 fully saturated rings. The number of aromatic nitrogens is 2. The number of hydrogen-bond donors (Lipinski definition) is 2. The number of carboxylic acid groups (broad SMARTS) is 1. The smallest absolute Gasteiger partial charge is 0.317 e. The Morgan fingerprint density at radius 3 is 3.05 bits per heavy atom. The van der Waals surface area contributed by atoms with E-state index in [0.717, 1.165) is 38.3 Å². The van der Waals surface area contributed by atoms with Crippen LogP contribution in [0.15, 0.2) is 4.52 Å². The first-order valence-electron chi connectivity index (χ1n) is 7.52. The lowest BCUT2D eigenvalue weighted by atomic mass is 9.98. The highest BCUT2D eigenvalue weighted by Gasteiger charge is 2.22. The number of aliphatic carboxylic acids is 1. The molecule has 0 aliphatic carbocycles. The summed E-state index contributed by atoms with van der Waals surface area (Å²) in [6.45, 7) is 7.48. The fourth-order valence-corrected chi connectivity index (χ4v) is 2.60. The lowest BCUT2D eigenvalue weighted by Crippen LogP contribution is -2.40. The van der Waals surface area contributed by atoms with Crippen molar-refractivity contribution in [2.75, 3.05) is 26.2 Å². The van der Waals surface area contributed by atoms with E-state index in [1.807, 2.05) is 13.8 Å². The first-order valence-corrected chi connectivity index (χ1v) is 7.52. The molecule has 7 nitrogen and oxygen atoms in total. The van der Waals surface area contributed by atoms with Crippen LogP contribution in [0.2, 0.25) is 0 Å². The first-order chi connectivity index (χ1) is 10.0. The second-order valence-electron chi connectivity index (χ2n) is 5.97. The summed E-state index contributed by atoms with van der Waals surface area (Å²) in [6.07, 6.45) is 2.24. The number of likely N-dealkylation sites (tertiary alicyclic amines) is 1. The molecular formula is C14H24N4O3. The Labute approximate surface area is 124 Å². The van der Waals surface area contributed by atoms with Gasteiger partial charge in [-0.3, -0.25) is 9.69 Å². The lowest BCUT2D eigenvalue weighted by molar-refractivity contribution is -0.136. The van der Waals surface area contributed by atoms with Crippen molar-refractivity contribution in [3.8, 4) is 0 Å². The van der Waals surface area contributed by atoms with Gasteiger partial charge < -0.3 is 14.9 Å². The molecule has 0 amide bonds. The van der Waals surface area contributed by atoms with Crippen molar-refractivity contribution in [3.63, 3.8) is 0 Å². The molecule has 0 bridgehead atoms. The van der Waals surface area contributed by atoms with Gasteiger partial charge in [-0.2, -0.15) is 4.98 Å². The molecule has 1 aromatic rings. The summed E-state index contributed by atoms with van der Waals surface area (Å²) in [7, 11) is 0. The Bertz CT molecular complexity index is 461. The summed E-state index contributed by atoms with van der Waals surface area (Å²) in [4.78, 5) is 17.2. The summed E-state index contributed by atoms with van der Waals surface area (Å²) in [6, 6.07) is 0. The maximum Gasteiger partial charge on any atom is 0.317 e. The molecule has 2 N–H and O–H groups in total. The zero-order chi connectivity index (χ0) is 15.2. The molecule has 7 heteroatoms. The van der Waals surface area contributed by atoms with E-state index in [1.54, 1.807) is 0 Å². The minimum atomic E-state index is -0.810. The van der Waals surface area contributed by atoms with Crippen LogP contribution in [-0.2, 0) is 11.3 Å². The Morgan fingerprint density at radius 1 is 1.57 bits per heavy atom. The monoisotopic (exact) mass is 296 g/mol. The van der Waals surface area contributed by atoms with Crippen molar-refractivity contribution in [2.45, 2.75) is 39.2 Å². The standard InChI is InChI=1S/C14H24N4O3/c1-10(2)14-16-12(21-17-14)9-18-5-3-4-11(8-18)6-15-7-13(19)20/h10-11,15H,3-9H2,1-2H3,(H,19,20). The molecule has 2 rings (SSSR count). The van der Waals surface area contributed by atoms with Gasteiger partial charge in [0, 0.05) is 12.5 Å². The number of rotatable bonds is 7. The van der Waals surface area contributed by atoms with Crippen LogP contribution >= 0.6 is 0 Å². The third-order valence-electron chi connectivity index (χ3n) is 3.67. The number of carbonyl (C=O) groups is 1. The third kappa shape index (κ3) is 5.09. The van der Waals surface area contributed by atoms with Gasteiger partial charge in [0.05, 0.1) is 13.1 Å². The predicted molar refractivity (Wildman–Crippen MR) is 76.9 cm³/mol. The van der Waals surface area contributed by atoms with Gasteiger partial charge in [-0.15, -0.1) is 0 Å². The Morgan fingerprint density at radius 2 is 2.38 bits per heavy atom. The molecule has 0 saturated carbocycles. The fraction of sp³-hybridized carbons (Fsp3) is 0.786. The Balaban J connectivity index is 1.79. The van der Waals surface area contributed by atoms with E-state index in [-0.39, 0.29) is 12.5 Å². The topological polar surface area (TPSA) is 91.5 Å². The molecule has 1 unspecified atom stereocenters. The van der Waals surface area contributed by atoms with E-state index in [1.165, 1.54) is 0 Å². The van der Waals surface area contributed by atoms with Gasteiger partial charge in [-0.05, 0) is 31.8 Å². The molecule has 1 saturated heterocycles. The molecule has 1 aliphatic rings. The summed E-state index contributed by atoms with van der Waals surface area (Å²) in [5.41, 5.74) is 0. The maximum absolute atomic E-state index is 10.5. The molecular weight excluding hydrogens is 272 g/mol. The van der Waals surface area contributed by atoms with E-state index in [0.29, 0.717) is 18.4 Å². The normalized spacial score (nSPS) is 20.0. The van der Waals surface area contributed by atoms with Crippen LogP contribution in [0.4, 0.5) is 0 Å². The van der Waals surface area contributed by atoms with Crippen LogP contribution in [0.3, 0.4) is 0 Å². The highest BCUT2D eigenvalue weighted by molar-refractivity contribution is 5.68. The van der Waals surface area contributed by atoms with Gasteiger partial charge in [0.25, 0.3) is 0 Å². The number of nitrogens with one attached hydrogen (secondary N) is 1. The Hall–Kier alpha value is -1.47. The van der Waals surface area contributed by atoms with Crippen LogP contribution in [0.5, 0.6) is 0 Å². The fourth-order valence-electron chi connectivity index (χ4n) is 2.60. The molecule has 0 radical (unpaired) electrons. The molecule has 2 heterocycles. The quantitative estimate of drug-likeness (QED) is 0.778. The highest BCUT2D eigenvalue weighted by Crippen LogP contribution is 2.18. The number of nitrogens with zero attached hydrogens (tertiary/aromatic N) is 3. The number of piperidine rings is 1. The molecule has 1 aromatic heterocycles. The largest absolute Gasteiger partial charge is 0.480 e. The highest BCUT2D eigenvalue weighted by atomic mass is 16.5. The SMILES string of the molecule is CC(C)c1noc(CN2CCCC(CNCC(=O)O)C2)n1. The van der Waals surface area contributed by atoms with Crippen molar-refractivity contribution < 1.29 is 14.4 Å². The second-order valence-corrected chi connectivity index (χ2v) is 5.97. The van der Waals surface area contributed by atoms with E-state index in [4.69, 9.17) is 9.63 Å². The van der Waals surface area contributed by atoms with Crippen LogP contribution in [-0.4, -0.2) is 52.3 Å².